The second-order valence-corrected chi connectivity index (χ2v) is 12.0. The molecule has 9 heteroatoms. The van der Waals surface area contributed by atoms with Gasteiger partial charge < -0.3 is 15.7 Å². The summed E-state index contributed by atoms with van der Waals surface area (Å²) < 4.78 is 14.7. The first-order valence-corrected chi connectivity index (χ1v) is 15.6. The number of halogens is 3. The van der Waals surface area contributed by atoms with Crippen molar-refractivity contribution in [1.29, 1.82) is 0 Å². The Labute approximate surface area is 276 Å². The molecule has 5 rings (SSSR count). The molecule has 0 aliphatic heterocycles. The predicted molar refractivity (Wildman–Crippen MR) is 179 cm³/mol. The molecule has 0 radical (unpaired) electrons. The van der Waals surface area contributed by atoms with Gasteiger partial charge in [0.1, 0.15) is 5.82 Å². The number of carboxylic acid groups (broad SMARTS) is 1. The predicted octanol–water partition coefficient (Wildman–Crippen LogP) is 8.10. The number of rotatable bonds is 9. The smallest absolute Gasteiger partial charge is 0.394 e. The van der Waals surface area contributed by atoms with Crippen molar-refractivity contribution in [2.45, 2.75) is 19.0 Å². The zero-order valence-electron chi connectivity index (χ0n) is 23.8. The summed E-state index contributed by atoms with van der Waals surface area (Å²) in [4.78, 5) is 36.8. The summed E-state index contributed by atoms with van der Waals surface area (Å²) in [6.07, 6.45) is 0.211. The van der Waals surface area contributed by atoms with Crippen LogP contribution in [0.15, 0.2) is 124 Å². The van der Waals surface area contributed by atoms with Gasteiger partial charge in [-0.1, -0.05) is 117 Å². The normalized spacial score (nSPS) is 11.4. The number of benzene rings is 5. The third-order valence-corrected chi connectivity index (χ3v) is 8.71. The molecule has 6 nitrogen and oxygen atoms in total. The minimum Gasteiger partial charge on any atom is -0.474 e. The summed E-state index contributed by atoms with van der Waals surface area (Å²) in [5.74, 6) is -3.37. The third kappa shape index (κ3) is 8.12. The maximum Gasteiger partial charge on any atom is 0.394 e. The van der Waals surface area contributed by atoms with Gasteiger partial charge in [0.25, 0.3) is 5.91 Å². The molecule has 1 unspecified atom stereocenters. The summed E-state index contributed by atoms with van der Waals surface area (Å²) in [6, 6.07) is 34.0. The molecule has 0 spiro atoms. The van der Waals surface area contributed by atoms with Crippen molar-refractivity contribution in [3.63, 3.8) is 0 Å². The van der Waals surface area contributed by atoms with Crippen LogP contribution in [0.1, 0.15) is 33.1 Å². The van der Waals surface area contributed by atoms with Gasteiger partial charge in [-0.05, 0) is 75.7 Å². The van der Waals surface area contributed by atoms with E-state index in [1.807, 2.05) is 66.7 Å². The van der Waals surface area contributed by atoms with Crippen LogP contribution in [-0.2, 0) is 22.6 Å². The van der Waals surface area contributed by atoms with Crippen LogP contribution in [0.2, 0.25) is 0 Å². The lowest BCUT2D eigenvalue weighted by atomic mass is 9.94. The number of hydrogen-bond acceptors (Lipinski definition) is 3. The third-order valence-electron chi connectivity index (χ3n) is 7.29. The van der Waals surface area contributed by atoms with E-state index in [9.17, 15) is 23.9 Å². The van der Waals surface area contributed by atoms with Gasteiger partial charge in [0.15, 0.2) is 0 Å². The minimum absolute atomic E-state index is 0.211. The lowest BCUT2D eigenvalue weighted by Crippen LogP contribution is -2.35. The van der Waals surface area contributed by atoms with E-state index in [0.29, 0.717) is 26.6 Å². The van der Waals surface area contributed by atoms with Gasteiger partial charge in [-0.15, -0.1) is 0 Å². The van der Waals surface area contributed by atoms with E-state index in [2.05, 4.69) is 42.5 Å². The van der Waals surface area contributed by atoms with Crippen LogP contribution in [0.5, 0.6) is 0 Å². The topological polar surface area (TPSA) is 95.5 Å². The van der Waals surface area contributed by atoms with Crippen molar-refractivity contribution in [2.75, 3.05) is 0 Å². The maximum absolute atomic E-state index is 13.5. The monoisotopic (exact) mass is 728 g/mol. The van der Waals surface area contributed by atoms with E-state index in [-0.39, 0.29) is 18.1 Å². The standard InChI is InChI=1S/C36H27Br2FN2O4/c37-31-18-28(34(42)40-21-22-9-11-24(12-10-22)23-5-2-1-3-6-23)19-32(38)30(31)20-33(41-35(43)36(44)45)27-8-4-7-26(17-27)25-13-15-29(39)16-14-25/h1-19,33H,20-21H2,(H,40,42)(H,41,43)(H,44,45). The summed E-state index contributed by atoms with van der Waals surface area (Å²) in [5.41, 5.74) is 6.52. The van der Waals surface area contributed by atoms with Crippen LogP contribution in [0.25, 0.3) is 22.3 Å². The largest absolute Gasteiger partial charge is 0.474 e. The molecular weight excluding hydrogens is 703 g/mol. The van der Waals surface area contributed by atoms with Crippen LogP contribution >= 0.6 is 31.9 Å². The molecule has 5 aromatic rings. The zero-order valence-corrected chi connectivity index (χ0v) is 26.9. The maximum atomic E-state index is 13.5. The van der Waals surface area contributed by atoms with Crippen LogP contribution < -0.4 is 10.6 Å². The lowest BCUT2D eigenvalue weighted by molar-refractivity contribution is -0.150. The zero-order chi connectivity index (χ0) is 31.9. The fraction of sp³-hybridized carbons (Fsp3) is 0.0833. The molecule has 1 atom stereocenters. The van der Waals surface area contributed by atoms with Crippen molar-refractivity contribution in [3.8, 4) is 22.3 Å². The van der Waals surface area contributed by atoms with Crippen molar-refractivity contribution in [3.05, 3.63) is 152 Å². The molecule has 2 amide bonds. The molecule has 226 valence electrons. The van der Waals surface area contributed by atoms with Crippen molar-refractivity contribution >= 4 is 49.6 Å². The van der Waals surface area contributed by atoms with E-state index in [1.165, 1.54) is 12.1 Å². The van der Waals surface area contributed by atoms with Gasteiger partial charge in [0.05, 0.1) is 6.04 Å². The lowest BCUT2D eigenvalue weighted by Gasteiger charge is -2.21. The van der Waals surface area contributed by atoms with Gasteiger partial charge in [0, 0.05) is 21.1 Å². The Bertz CT molecular complexity index is 1820. The first-order valence-electron chi connectivity index (χ1n) is 14.0. The number of carbonyl (C=O) groups is 3. The highest BCUT2D eigenvalue weighted by atomic mass is 79.9. The van der Waals surface area contributed by atoms with E-state index >= 15 is 0 Å². The van der Waals surface area contributed by atoms with Crippen LogP contribution in [0, 0.1) is 5.82 Å². The fourth-order valence-corrected chi connectivity index (χ4v) is 6.42. The van der Waals surface area contributed by atoms with Crippen LogP contribution in [0.3, 0.4) is 0 Å². The number of aliphatic carboxylic acids is 1. The molecule has 0 saturated heterocycles. The highest BCUT2D eigenvalue weighted by Gasteiger charge is 2.23. The summed E-state index contributed by atoms with van der Waals surface area (Å²) in [6.45, 7) is 0.346. The molecule has 0 saturated carbocycles. The van der Waals surface area contributed by atoms with Gasteiger partial charge in [-0.2, -0.15) is 0 Å². The average molecular weight is 730 g/mol. The van der Waals surface area contributed by atoms with Crippen LogP contribution in [-0.4, -0.2) is 22.9 Å². The Morgan fingerprint density at radius 2 is 1.29 bits per heavy atom. The Kier molecular flexibility index (Phi) is 10.2. The number of nitrogens with one attached hydrogen (secondary N) is 2. The van der Waals surface area contributed by atoms with Crippen LogP contribution in [0.4, 0.5) is 4.39 Å². The van der Waals surface area contributed by atoms with Gasteiger partial charge in [-0.3, -0.25) is 9.59 Å². The van der Waals surface area contributed by atoms with Crippen molar-refractivity contribution < 1.29 is 23.9 Å². The fourth-order valence-electron chi connectivity index (χ4n) is 4.91. The summed E-state index contributed by atoms with van der Waals surface area (Å²) >= 11 is 7.14. The molecule has 0 bridgehead atoms. The number of amides is 2. The van der Waals surface area contributed by atoms with Crippen molar-refractivity contribution in [2.24, 2.45) is 0 Å². The highest BCUT2D eigenvalue weighted by Crippen LogP contribution is 2.33. The number of hydrogen-bond donors (Lipinski definition) is 3. The molecule has 0 aromatic heterocycles. The molecule has 0 fully saturated rings. The van der Waals surface area contributed by atoms with Crippen molar-refractivity contribution in [1.82, 2.24) is 10.6 Å². The first kappa shape index (κ1) is 31.8. The van der Waals surface area contributed by atoms with E-state index in [1.54, 1.807) is 36.4 Å². The van der Waals surface area contributed by atoms with E-state index in [0.717, 1.165) is 33.4 Å². The van der Waals surface area contributed by atoms with Gasteiger partial charge >= 0.3 is 11.9 Å². The minimum atomic E-state index is -1.60. The molecule has 0 aliphatic carbocycles. The molecular formula is C36H27Br2FN2O4. The Morgan fingerprint density at radius 1 is 0.711 bits per heavy atom. The van der Waals surface area contributed by atoms with E-state index < -0.39 is 17.9 Å². The number of carboxylic acids is 1. The Hall–Kier alpha value is -4.60. The molecule has 0 heterocycles. The molecule has 5 aromatic carbocycles. The SMILES string of the molecule is O=C(O)C(=O)NC(Cc1c(Br)cc(C(=O)NCc2ccc(-c3ccccc3)cc2)cc1Br)c1cccc(-c2ccc(F)cc2)c1. The second-order valence-electron chi connectivity index (χ2n) is 10.3. The Morgan fingerprint density at radius 3 is 1.93 bits per heavy atom. The van der Waals surface area contributed by atoms with Gasteiger partial charge in [0.2, 0.25) is 0 Å². The first-order chi connectivity index (χ1) is 21.7. The average Bonchev–Trinajstić information content (AvgIpc) is 3.05. The Balaban J connectivity index is 1.33. The summed E-state index contributed by atoms with van der Waals surface area (Å²) in [7, 11) is 0. The quantitative estimate of drug-likeness (QED) is 0.134. The molecule has 3 N–H and O–H groups in total. The van der Waals surface area contributed by atoms with Gasteiger partial charge in [-0.25, -0.2) is 9.18 Å². The van der Waals surface area contributed by atoms with E-state index in [4.69, 9.17) is 0 Å². The molecule has 0 aliphatic rings. The summed E-state index contributed by atoms with van der Waals surface area (Å²) in [5, 5.41) is 14.8. The number of carbonyl (C=O) groups excluding carboxylic acids is 2. The second kappa shape index (κ2) is 14.5. The highest BCUT2D eigenvalue weighted by molar-refractivity contribution is 9.11. The molecule has 45 heavy (non-hydrogen) atoms.